The average Bonchev–Trinajstić information content (AvgIpc) is 3.20. The molecule has 136 valence electrons. The molecule has 0 amide bonds. The van der Waals surface area contributed by atoms with E-state index in [0.29, 0.717) is 6.61 Å². The number of aromatic nitrogens is 2. The normalized spacial score (nSPS) is 11.0. The third-order valence-electron chi connectivity index (χ3n) is 4.61. The van der Waals surface area contributed by atoms with Crippen LogP contribution in [-0.4, -0.2) is 23.7 Å². The lowest BCUT2D eigenvalue weighted by Gasteiger charge is -2.08. The van der Waals surface area contributed by atoms with Crippen LogP contribution in [0.2, 0.25) is 0 Å². The summed E-state index contributed by atoms with van der Waals surface area (Å²) in [4.78, 5) is 7.70. The smallest absolute Gasteiger partial charge is 0.119 e. The first-order valence-electron chi connectivity index (χ1n) is 9.05. The summed E-state index contributed by atoms with van der Waals surface area (Å²) in [7, 11) is 1.72. The van der Waals surface area contributed by atoms with E-state index in [1.165, 1.54) is 10.9 Å². The summed E-state index contributed by atoms with van der Waals surface area (Å²) in [5.74, 6) is 0.875. The van der Waals surface area contributed by atoms with Gasteiger partial charge in [-0.05, 0) is 41.8 Å². The minimum absolute atomic E-state index is 0.544. The van der Waals surface area contributed by atoms with Crippen LogP contribution in [0.4, 0.5) is 0 Å². The second-order valence-corrected chi connectivity index (χ2v) is 6.51. The van der Waals surface area contributed by atoms with Crippen molar-refractivity contribution in [2.45, 2.75) is 13.0 Å². The van der Waals surface area contributed by atoms with E-state index in [1.54, 1.807) is 7.11 Å². The van der Waals surface area contributed by atoms with Crippen molar-refractivity contribution in [2.75, 3.05) is 13.7 Å². The molecule has 1 N–H and O–H groups in total. The van der Waals surface area contributed by atoms with Crippen molar-refractivity contribution in [3.63, 3.8) is 0 Å². The van der Waals surface area contributed by atoms with Crippen molar-refractivity contribution in [3.8, 4) is 17.0 Å². The maximum absolute atomic E-state index is 5.89. The van der Waals surface area contributed by atoms with Crippen LogP contribution in [0.5, 0.6) is 5.75 Å². The summed E-state index contributed by atoms with van der Waals surface area (Å²) in [6.45, 7) is 1.28. The molecule has 4 aromatic rings. The maximum Gasteiger partial charge on any atom is 0.119 e. The van der Waals surface area contributed by atoms with Crippen molar-refractivity contribution in [1.82, 2.24) is 9.97 Å². The molecule has 4 rings (SSSR count). The Kier molecular flexibility index (Phi) is 5.17. The molecule has 2 aromatic carbocycles. The van der Waals surface area contributed by atoms with Gasteiger partial charge >= 0.3 is 0 Å². The SMILES string of the molecule is COCCc1ccc(OCc2ccc(-c3cc4cc[nH]c4cn3)cc2)cc1. The number of rotatable bonds is 7. The van der Waals surface area contributed by atoms with E-state index < -0.39 is 0 Å². The highest BCUT2D eigenvalue weighted by atomic mass is 16.5. The van der Waals surface area contributed by atoms with Gasteiger partial charge < -0.3 is 14.5 Å². The highest BCUT2D eigenvalue weighted by Crippen LogP contribution is 2.22. The van der Waals surface area contributed by atoms with Crippen molar-refractivity contribution >= 4 is 10.9 Å². The van der Waals surface area contributed by atoms with Crippen LogP contribution in [-0.2, 0) is 17.8 Å². The molecule has 0 spiro atoms. The molecular formula is C23H22N2O2. The number of hydrogen-bond donors (Lipinski definition) is 1. The standard InChI is InChI=1S/C23H22N2O2/c1-26-13-11-17-4-8-21(9-5-17)27-16-18-2-6-19(7-3-18)22-14-20-10-12-24-23(20)15-25-22/h2-10,12,14-15,24H,11,13,16H2,1H3. The van der Waals surface area contributed by atoms with Gasteiger partial charge in [-0.2, -0.15) is 0 Å². The van der Waals surface area contributed by atoms with Gasteiger partial charge in [0.2, 0.25) is 0 Å². The number of fused-ring (bicyclic) bond motifs is 1. The Balaban J connectivity index is 1.39. The number of nitrogens with zero attached hydrogens (tertiary/aromatic N) is 1. The molecule has 0 saturated carbocycles. The summed E-state index contributed by atoms with van der Waals surface area (Å²) in [5.41, 5.74) is 5.51. The number of ether oxygens (including phenoxy) is 2. The van der Waals surface area contributed by atoms with E-state index in [1.807, 2.05) is 24.5 Å². The molecule has 0 atom stereocenters. The summed E-state index contributed by atoms with van der Waals surface area (Å²) in [5, 5.41) is 1.17. The van der Waals surface area contributed by atoms with Gasteiger partial charge in [0.15, 0.2) is 0 Å². The number of hydrogen-bond acceptors (Lipinski definition) is 3. The molecule has 0 bridgehead atoms. The Bertz CT molecular complexity index is 1000. The second kappa shape index (κ2) is 8.06. The van der Waals surface area contributed by atoms with Crippen molar-refractivity contribution < 1.29 is 9.47 Å². The van der Waals surface area contributed by atoms with Crippen molar-refractivity contribution in [1.29, 1.82) is 0 Å². The monoisotopic (exact) mass is 358 g/mol. The fraction of sp³-hybridized carbons (Fsp3) is 0.174. The number of pyridine rings is 1. The highest BCUT2D eigenvalue weighted by molar-refractivity contribution is 5.82. The zero-order valence-corrected chi connectivity index (χ0v) is 15.3. The van der Waals surface area contributed by atoms with Gasteiger partial charge in [-0.15, -0.1) is 0 Å². The fourth-order valence-corrected chi connectivity index (χ4v) is 3.02. The Hall–Kier alpha value is -3.11. The number of aromatic amines is 1. The van der Waals surface area contributed by atoms with E-state index in [9.17, 15) is 0 Å². The van der Waals surface area contributed by atoms with Crippen LogP contribution in [0.1, 0.15) is 11.1 Å². The van der Waals surface area contributed by atoms with Crippen LogP contribution < -0.4 is 4.74 Å². The molecule has 0 fully saturated rings. The topological polar surface area (TPSA) is 47.1 Å². The lowest BCUT2D eigenvalue weighted by molar-refractivity contribution is 0.202. The predicted molar refractivity (Wildman–Crippen MR) is 108 cm³/mol. The molecule has 2 aromatic heterocycles. The first-order chi connectivity index (χ1) is 13.3. The highest BCUT2D eigenvalue weighted by Gasteiger charge is 2.03. The van der Waals surface area contributed by atoms with Gasteiger partial charge in [0.1, 0.15) is 12.4 Å². The minimum Gasteiger partial charge on any atom is -0.489 e. The minimum atomic E-state index is 0.544. The van der Waals surface area contributed by atoms with E-state index in [-0.39, 0.29) is 0 Å². The van der Waals surface area contributed by atoms with Crippen LogP contribution in [0.25, 0.3) is 22.2 Å². The largest absolute Gasteiger partial charge is 0.489 e. The van der Waals surface area contributed by atoms with E-state index in [4.69, 9.17) is 9.47 Å². The second-order valence-electron chi connectivity index (χ2n) is 6.51. The predicted octanol–water partition coefficient (Wildman–Crippen LogP) is 5.00. The van der Waals surface area contributed by atoms with Gasteiger partial charge in [-0.1, -0.05) is 36.4 Å². The molecular weight excluding hydrogens is 336 g/mol. The lowest BCUT2D eigenvalue weighted by atomic mass is 10.1. The average molecular weight is 358 g/mol. The van der Waals surface area contributed by atoms with Gasteiger partial charge in [0, 0.05) is 24.3 Å². The number of H-pyrrole nitrogens is 1. The van der Waals surface area contributed by atoms with Crippen LogP contribution in [0.3, 0.4) is 0 Å². The number of methoxy groups -OCH3 is 1. The summed E-state index contributed by atoms with van der Waals surface area (Å²) in [6.07, 6.45) is 4.72. The van der Waals surface area contributed by atoms with Gasteiger partial charge in [-0.25, -0.2) is 0 Å². The maximum atomic E-state index is 5.89. The van der Waals surface area contributed by atoms with Gasteiger partial charge in [-0.3, -0.25) is 4.98 Å². The van der Waals surface area contributed by atoms with E-state index in [0.717, 1.165) is 41.1 Å². The van der Waals surface area contributed by atoms with Gasteiger partial charge in [0.05, 0.1) is 24.0 Å². The fourth-order valence-electron chi connectivity index (χ4n) is 3.02. The summed E-state index contributed by atoms with van der Waals surface area (Å²) >= 11 is 0. The van der Waals surface area contributed by atoms with Crippen LogP contribution >= 0.6 is 0 Å². The van der Waals surface area contributed by atoms with E-state index >= 15 is 0 Å². The molecule has 0 aliphatic heterocycles. The zero-order valence-electron chi connectivity index (χ0n) is 15.3. The molecule has 2 heterocycles. The quantitative estimate of drug-likeness (QED) is 0.506. The molecule has 4 heteroatoms. The number of nitrogens with one attached hydrogen (secondary N) is 1. The molecule has 0 unspecified atom stereocenters. The lowest BCUT2D eigenvalue weighted by Crippen LogP contribution is -1.97. The molecule has 0 radical (unpaired) electrons. The third kappa shape index (κ3) is 4.18. The Morgan fingerprint density at radius 2 is 1.70 bits per heavy atom. The Morgan fingerprint density at radius 3 is 2.48 bits per heavy atom. The first kappa shape index (κ1) is 17.3. The summed E-state index contributed by atoms with van der Waals surface area (Å²) in [6, 6.07) is 20.7. The Labute approximate surface area is 158 Å². The molecule has 27 heavy (non-hydrogen) atoms. The third-order valence-corrected chi connectivity index (χ3v) is 4.61. The van der Waals surface area contributed by atoms with Crippen LogP contribution in [0, 0.1) is 0 Å². The van der Waals surface area contributed by atoms with Crippen molar-refractivity contribution in [3.05, 3.63) is 84.2 Å². The number of benzene rings is 2. The van der Waals surface area contributed by atoms with E-state index in [2.05, 4.69) is 58.5 Å². The van der Waals surface area contributed by atoms with Crippen molar-refractivity contribution in [2.24, 2.45) is 0 Å². The molecule has 0 saturated heterocycles. The van der Waals surface area contributed by atoms with Crippen LogP contribution in [0.15, 0.2) is 73.1 Å². The zero-order chi connectivity index (χ0) is 18.5. The summed E-state index contributed by atoms with van der Waals surface area (Å²) < 4.78 is 11.0. The van der Waals surface area contributed by atoms with Gasteiger partial charge in [0.25, 0.3) is 0 Å². The molecule has 0 aliphatic carbocycles. The Morgan fingerprint density at radius 1 is 0.926 bits per heavy atom. The first-order valence-corrected chi connectivity index (χ1v) is 9.05. The molecule has 4 nitrogen and oxygen atoms in total. The molecule has 0 aliphatic rings.